The van der Waals surface area contributed by atoms with E-state index in [1.807, 2.05) is 30.3 Å². The van der Waals surface area contributed by atoms with Crippen molar-refractivity contribution in [3.8, 4) is 0 Å². The Bertz CT molecular complexity index is 248. The number of benzene rings is 1. The van der Waals surface area contributed by atoms with Crippen LogP contribution in [0.25, 0.3) is 0 Å². The van der Waals surface area contributed by atoms with Gasteiger partial charge in [-0.05, 0) is 18.4 Å². The summed E-state index contributed by atoms with van der Waals surface area (Å²) in [4.78, 5) is 0. The van der Waals surface area contributed by atoms with Gasteiger partial charge in [0.25, 0.3) is 0 Å². The van der Waals surface area contributed by atoms with Crippen LogP contribution in [0.2, 0.25) is 0 Å². The van der Waals surface area contributed by atoms with Crippen LogP contribution in [0.4, 0.5) is 0 Å². The van der Waals surface area contributed by atoms with E-state index in [-0.39, 0.29) is 6.10 Å². The maximum absolute atomic E-state index is 9.85. The van der Waals surface area contributed by atoms with Crippen molar-refractivity contribution in [3.63, 3.8) is 0 Å². The second-order valence-electron chi connectivity index (χ2n) is 3.82. The normalized spacial score (nSPS) is 12.7. The largest absolute Gasteiger partial charge is 0.388 e. The summed E-state index contributed by atoms with van der Waals surface area (Å²) in [6.45, 7) is 0. The topological polar surface area (TPSA) is 20.2 Å². The first-order valence-corrected chi connectivity index (χ1v) is 6.17. The second-order valence-corrected chi connectivity index (χ2v) is 4.20. The fourth-order valence-electron chi connectivity index (χ4n) is 1.63. The highest BCUT2D eigenvalue weighted by Gasteiger charge is 2.05. The van der Waals surface area contributed by atoms with Crippen LogP contribution >= 0.6 is 11.6 Å². The van der Waals surface area contributed by atoms with Crippen molar-refractivity contribution >= 4 is 11.6 Å². The van der Waals surface area contributed by atoms with Gasteiger partial charge in [0, 0.05) is 5.88 Å². The zero-order valence-corrected chi connectivity index (χ0v) is 9.79. The van der Waals surface area contributed by atoms with Crippen LogP contribution in [0.15, 0.2) is 30.3 Å². The maximum Gasteiger partial charge on any atom is 0.0790 e. The summed E-state index contributed by atoms with van der Waals surface area (Å²) in [7, 11) is 0. The molecule has 0 aliphatic carbocycles. The monoisotopic (exact) mass is 226 g/mol. The first-order valence-electron chi connectivity index (χ1n) is 5.63. The number of halogens is 1. The van der Waals surface area contributed by atoms with Gasteiger partial charge in [-0.25, -0.2) is 0 Å². The fourth-order valence-corrected chi connectivity index (χ4v) is 1.82. The van der Waals surface area contributed by atoms with Gasteiger partial charge >= 0.3 is 0 Å². The molecule has 2 heteroatoms. The Morgan fingerprint density at radius 1 is 1.00 bits per heavy atom. The highest BCUT2D eigenvalue weighted by Crippen LogP contribution is 2.19. The molecule has 1 rings (SSSR count). The lowest BCUT2D eigenvalue weighted by Crippen LogP contribution is -1.96. The predicted octanol–water partition coefficient (Wildman–Crippen LogP) is 3.91. The van der Waals surface area contributed by atoms with Gasteiger partial charge in [0.1, 0.15) is 0 Å². The van der Waals surface area contributed by atoms with Gasteiger partial charge in [-0.1, -0.05) is 49.6 Å². The number of hydrogen-bond acceptors (Lipinski definition) is 1. The molecule has 1 aromatic carbocycles. The predicted molar refractivity (Wildman–Crippen MR) is 65.2 cm³/mol. The molecule has 0 fully saturated rings. The van der Waals surface area contributed by atoms with Crippen molar-refractivity contribution in [3.05, 3.63) is 35.9 Å². The fraction of sp³-hybridized carbons (Fsp3) is 0.538. The Morgan fingerprint density at radius 3 is 2.33 bits per heavy atom. The number of unbranched alkanes of at least 4 members (excludes halogenated alkanes) is 3. The molecule has 0 saturated heterocycles. The molecule has 1 N–H and O–H groups in total. The molecule has 0 amide bonds. The van der Waals surface area contributed by atoms with Crippen LogP contribution < -0.4 is 0 Å². The standard InChI is InChI=1S/C13H19ClO/c14-11-7-2-1-6-10-13(15)12-8-4-3-5-9-12/h3-5,8-9,13,15H,1-2,6-7,10-11H2. The minimum atomic E-state index is -0.304. The summed E-state index contributed by atoms with van der Waals surface area (Å²) in [5.41, 5.74) is 1.02. The first-order chi connectivity index (χ1) is 7.34. The van der Waals surface area contributed by atoms with Crippen molar-refractivity contribution in [2.24, 2.45) is 0 Å². The molecular formula is C13H19ClO. The number of aliphatic hydroxyl groups is 1. The summed E-state index contributed by atoms with van der Waals surface area (Å²) in [5, 5.41) is 9.85. The Morgan fingerprint density at radius 2 is 1.67 bits per heavy atom. The van der Waals surface area contributed by atoms with Crippen molar-refractivity contribution < 1.29 is 5.11 Å². The van der Waals surface area contributed by atoms with Gasteiger partial charge < -0.3 is 5.11 Å². The lowest BCUT2D eigenvalue weighted by Gasteiger charge is -2.10. The second kappa shape index (κ2) is 7.72. The first kappa shape index (κ1) is 12.5. The highest BCUT2D eigenvalue weighted by molar-refractivity contribution is 6.17. The van der Waals surface area contributed by atoms with E-state index in [0.29, 0.717) is 0 Å². The average molecular weight is 227 g/mol. The van der Waals surface area contributed by atoms with Crippen LogP contribution in [-0.2, 0) is 0 Å². The lowest BCUT2D eigenvalue weighted by atomic mass is 10.0. The third kappa shape index (κ3) is 5.19. The van der Waals surface area contributed by atoms with Gasteiger partial charge in [-0.15, -0.1) is 11.6 Å². The van der Waals surface area contributed by atoms with Gasteiger partial charge in [0.05, 0.1) is 6.10 Å². The van der Waals surface area contributed by atoms with E-state index in [1.165, 1.54) is 6.42 Å². The van der Waals surface area contributed by atoms with Gasteiger partial charge in [0.2, 0.25) is 0 Å². The number of alkyl halides is 1. The minimum absolute atomic E-state index is 0.304. The third-order valence-corrected chi connectivity index (χ3v) is 2.81. The molecule has 0 spiro atoms. The highest BCUT2D eigenvalue weighted by atomic mass is 35.5. The third-order valence-electron chi connectivity index (χ3n) is 2.55. The molecule has 1 nitrogen and oxygen atoms in total. The quantitative estimate of drug-likeness (QED) is 0.552. The van der Waals surface area contributed by atoms with Crippen molar-refractivity contribution in [2.45, 2.75) is 38.2 Å². The summed E-state index contributed by atoms with van der Waals surface area (Å²) in [6.07, 6.45) is 5.05. The van der Waals surface area contributed by atoms with Crippen molar-refractivity contribution in [1.82, 2.24) is 0 Å². The minimum Gasteiger partial charge on any atom is -0.388 e. The average Bonchev–Trinajstić information content (AvgIpc) is 2.30. The summed E-state index contributed by atoms with van der Waals surface area (Å²) in [6, 6.07) is 9.85. The summed E-state index contributed by atoms with van der Waals surface area (Å²) < 4.78 is 0. The van der Waals surface area contributed by atoms with E-state index < -0.39 is 0 Å². The zero-order valence-electron chi connectivity index (χ0n) is 9.03. The smallest absolute Gasteiger partial charge is 0.0790 e. The van der Waals surface area contributed by atoms with E-state index in [2.05, 4.69) is 0 Å². The van der Waals surface area contributed by atoms with E-state index in [0.717, 1.165) is 37.1 Å². The van der Waals surface area contributed by atoms with Crippen molar-refractivity contribution in [2.75, 3.05) is 5.88 Å². The molecule has 0 bridgehead atoms. The zero-order chi connectivity index (χ0) is 10.9. The van der Waals surface area contributed by atoms with Crippen LogP contribution in [0, 0.1) is 0 Å². The van der Waals surface area contributed by atoms with E-state index in [1.54, 1.807) is 0 Å². The number of rotatable bonds is 7. The molecular weight excluding hydrogens is 208 g/mol. The summed E-state index contributed by atoms with van der Waals surface area (Å²) >= 11 is 5.59. The Hall–Kier alpha value is -0.530. The number of hydrogen-bond donors (Lipinski definition) is 1. The molecule has 0 aromatic heterocycles. The molecule has 0 radical (unpaired) electrons. The lowest BCUT2D eigenvalue weighted by molar-refractivity contribution is 0.163. The molecule has 15 heavy (non-hydrogen) atoms. The van der Waals surface area contributed by atoms with E-state index >= 15 is 0 Å². The Labute approximate surface area is 97.1 Å². The van der Waals surface area contributed by atoms with Crippen LogP contribution in [0.5, 0.6) is 0 Å². The van der Waals surface area contributed by atoms with Crippen LogP contribution in [0.3, 0.4) is 0 Å². The van der Waals surface area contributed by atoms with Crippen molar-refractivity contribution in [1.29, 1.82) is 0 Å². The Balaban J connectivity index is 2.16. The molecule has 1 unspecified atom stereocenters. The molecule has 1 atom stereocenters. The van der Waals surface area contributed by atoms with Gasteiger partial charge in [0.15, 0.2) is 0 Å². The molecule has 0 heterocycles. The molecule has 0 aliphatic rings. The molecule has 1 aromatic rings. The Kier molecular flexibility index (Phi) is 6.45. The maximum atomic E-state index is 9.85. The SMILES string of the molecule is OC(CCCCCCCl)c1ccccc1. The van der Waals surface area contributed by atoms with E-state index in [4.69, 9.17) is 11.6 Å². The van der Waals surface area contributed by atoms with Crippen LogP contribution in [-0.4, -0.2) is 11.0 Å². The summed E-state index contributed by atoms with van der Waals surface area (Å²) in [5.74, 6) is 0.751. The van der Waals surface area contributed by atoms with Crippen LogP contribution in [0.1, 0.15) is 43.8 Å². The van der Waals surface area contributed by atoms with E-state index in [9.17, 15) is 5.11 Å². The van der Waals surface area contributed by atoms with Gasteiger partial charge in [-0.3, -0.25) is 0 Å². The molecule has 0 saturated carbocycles. The number of aliphatic hydroxyl groups excluding tert-OH is 1. The molecule has 0 aliphatic heterocycles. The molecule has 84 valence electrons. The van der Waals surface area contributed by atoms with Gasteiger partial charge in [-0.2, -0.15) is 0 Å².